The average Bonchev–Trinajstić information content (AvgIpc) is 3.48. The zero-order chi connectivity index (χ0) is 20.8. The molecule has 2 N–H and O–H groups in total. The van der Waals surface area contributed by atoms with Crippen LogP contribution in [0.25, 0.3) is 0 Å². The van der Waals surface area contributed by atoms with Crippen molar-refractivity contribution in [1.82, 2.24) is 0 Å². The number of benzene rings is 2. The molecule has 0 bridgehead atoms. The number of nitrogens with zero attached hydrogens (tertiary/aromatic N) is 2. The Hall–Kier alpha value is -3.62. The van der Waals surface area contributed by atoms with Gasteiger partial charge in [0.1, 0.15) is 5.69 Å². The Kier molecular flexibility index (Phi) is 6.07. The minimum Gasteiger partial charge on any atom is -0.321 e. The highest BCUT2D eigenvalue weighted by molar-refractivity contribution is 7.12. The van der Waals surface area contributed by atoms with Crippen LogP contribution in [0.1, 0.15) is 19.3 Å². The normalized spacial score (nSPS) is 10.8. The van der Waals surface area contributed by atoms with Gasteiger partial charge in [-0.1, -0.05) is 30.3 Å². The molecule has 0 unspecified atom stereocenters. The lowest BCUT2D eigenvalue weighted by atomic mass is 10.2. The first-order valence-corrected chi connectivity index (χ1v) is 10.8. The number of amides is 2. The molecule has 0 aliphatic rings. The molecule has 8 heteroatoms. The van der Waals surface area contributed by atoms with Gasteiger partial charge in [0, 0.05) is 5.69 Å². The Balaban J connectivity index is 1.61. The molecule has 148 valence electrons. The topological polar surface area (TPSA) is 82.9 Å². The molecule has 2 aromatic heterocycles. The van der Waals surface area contributed by atoms with E-state index in [9.17, 15) is 9.59 Å². The third-order valence-electron chi connectivity index (χ3n) is 4.02. The van der Waals surface area contributed by atoms with E-state index in [4.69, 9.17) is 0 Å². The molecule has 0 aliphatic heterocycles. The number of thiophene rings is 2. The van der Waals surface area contributed by atoms with Gasteiger partial charge in [-0.2, -0.15) is 5.11 Å². The van der Waals surface area contributed by atoms with Gasteiger partial charge in [-0.05, 0) is 53.2 Å². The first kappa shape index (κ1) is 19.7. The minimum absolute atomic E-state index is 0.209. The van der Waals surface area contributed by atoms with Crippen LogP contribution in [0.2, 0.25) is 0 Å². The van der Waals surface area contributed by atoms with E-state index < -0.39 is 0 Å². The minimum atomic E-state index is -0.247. The quantitative estimate of drug-likeness (QED) is 0.331. The number of rotatable bonds is 6. The molecule has 0 radical (unpaired) electrons. The number of anilines is 2. The molecule has 0 fully saturated rings. The molecule has 4 rings (SSSR count). The summed E-state index contributed by atoms with van der Waals surface area (Å²) in [7, 11) is 0. The second-order valence-corrected chi connectivity index (χ2v) is 8.03. The Labute approximate surface area is 180 Å². The Morgan fingerprint density at radius 1 is 0.700 bits per heavy atom. The molecule has 2 amide bonds. The van der Waals surface area contributed by atoms with Gasteiger partial charge in [0.25, 0.3) is 11.8 Å². The SMILES string of the molecule is O=C(Nc1ccc(N=Nc2ccccc2)c(NC(=O)c2cccs2)c1)c1cccs1. The summed E-state index contributed by atoms with van der Waals surface area (Å²) in [5.74, 6) is -0.456. The standard InChI is InChI=1S/C22H16N4O2S2/c27-21(19-8-4-12-29-19)23-16-10-11-17(26-25-15-6-2-1-3-7-15)18(14-16)24-22(28)20-9-5-13-30-20/h1-14H,(H,23,27)(H,24,28). The van der Waals surface area contributed by atoms with Crippen molar-refractivity contribution in [2.45, 2.75) is 0 Å². The summed E-state index contributed by atoms with van der Waals surface area (Å²) in [5.41, 5.74) is 2.19. The van der Waals surface area contributed by atoms with Gasteiger partial charge < -0.3 is 10.6 Å². The van der Waals surface area contributed by atoms with Crippen LogP contribution in [0, 0.1) is 0 Å². The van der Waals surface area contributed by atoms with Crippen molar-refractivity contribution in [3.05, 3.63) is 93.3 Å². The summed E-state index contributed by atoms with van der Waals surface area (Å²) in [5, 5.41) is 17.9. The van der Waals surface area contributed by atoms with Crippen molar-refractivity contribution in [2.75, 3.05) is 10.6 Å². The van der Waals surface area contributed by atoms with Crippen LogP contribution in [0.4, 0.5) is 22.7 Å². The van der Waals surface area contributed by atoms with Crippen molar-refractivity contribution in [3.63, 3.8) is 0 Å². The van der Waals surface area contributed by atoms with Crippen molar-refractivity contribution < 1.29 is 9.59 Å². The number of hydrogen-bond donors (Lipinski definition) is 2. The predicted molar refractivity (Wildman–Crippen MR) is 122 cm³/mol. The molecule has 4 aromatic rings. The van der Waals surface area contributed by atoms with E-state index >= 15 is 0 Å². The maximum Gasteiger partial charge on any atom is 0.265 e. The molecule has 0 aliphatic carbocycles. The highest BCUT2D eigenvalue weighted by atomic mass is 32.1. The lowest BCUT2D eigenvalue weighted by molar-refractivity contribution is 0.102. The van der Waals surface area contributed by atoms with Crippen molar-refractivity contribution >= 4 is 57.2 Å². The van der Waals surface area contributed by atoms with Gasteiger partial charge in [0.05, 0.1) is 21.1 Å². The van der Waals surface area contributed by atoms with Crippen molar-refractivity contribution in [3.8, 4) is 0 Å². The first-order chi connectivity index (χ1) is 14.7. The lowest BCUT2D eigenvalue weighted by Crippen LogP contribution is -2.12. The monoisotopic (exact) mass is 432 g/mol. The van der Waals surface area contributed by atoms with Crippen LogP contribution < -0.4 is 10.6 Å². The van der Waals surface area contributed by atoms with Crippen LogP contribution in [-0.2, 0) is 0 Å². The molecule has 0 saturated heterocycles. The largest absolute Gasteiger partial charge is 0.321 e. The van der Waals surface area contributed by atoms with Gasteiger partial charge in [-0.25, -0.2) is 0 Å². The van der Waals surface area contributed by atoms with Gasteiger partial charge >= 0.3 is 0 Å². The smallest absolute Gasteiger partial charge is 0.265 e. The van der Waals surface area contributed by atoms with Crippen LogP contribution in [-0.4, -0.2) is 11.8 Å². The van der Waals surface area contributed by atoms with Crippen LogP contribution in [0.15, 0.2) is 93.8 Å². The maximum atomic E-state index is 12.6. The van der Waals surface area contributed by atoms with E-state index in [0.29, 0.717) is 32.5 Å². The summed E-state index contributed by atoms with van der Waals surface area (Å²) >= 11 is 2.70. The van der Waals surface area contributed by atoms with E-state index in [1.165, 1.54) is 22.7 Å². The molecule has 0 atom stereocenters. The predicted octanol–water partition coefficient (Wildman–Crippen LogP) is 6.73. The summed E-state index contributed by atoms with van der Waals surface area (Å²) in [4.78, 5) is 26.1. The number of carbonyl (C=O) groups excluding carboxylic acids is 2. The fourth-order valence-electron chi connectivity index (χ4n) is 2.60. The van der Waals surface area contributed by atoms with E-state index in [0.717, 1.165) is 0 Å². The third-order valence-corrected chi connectivity index (χ3v) is 5.76. The van der Waals surface area contributed by atoms with E-state index in [1.54, 1.807) is 30.3 Å². The summed E-state index contributed by atoms with van der Waals surface area (Å²) in [6.07, 6.45) is 0. The highest BCUT2D eigenvalue weighted by Crippen LogP contribution is 2.31. The van der Waals surface area contributed by atoms with Crippen LogP contribution >= 0.6 is 22.7 Å². The number of hydrogen-bond acceptors (Lipinski definition) is 6. The first-order valence-electron chi connectivity index (χ1n) is 8.99. The second-order valence-electron chi connectivity index (χ2n) is 6.13. The molecule has 0 saturated carbocycles. The molecule has 2 aromatic carbocycles. The fourth-order valence-corrected chi connectivity index (χ4v) is 3.84. The Bertz CT molecular complexity index is 1170. The molecule has 6 nitrogen and oxygen atoms in total. The number of azo groups is 1. The number of nitrogens with one attached hydrogen (secondary N) is 2. The maximum absolute atomic E-state index is 12.6. The van der Waals surface area contributed by atoms with Crippen molar-refractivity contribution in [2.24, 2.45) is 10.2 Å². The summed E-state index contributed by atoms with van der Waals surface area (Å²) in [6, 6.07) is 21.6. The lowest BCUT2D eigenvalue weighted by Gasteiger charge is -2.10. The highest BCUT2D eigenvalue weighted by Gasteiger charge is 2.13. The fraction of sp³-hybridized carbons (Fsp3) is 0. The average molecular weight is 433 g/mol. The Morgan fingerprint density at radius 3 is 2.00 bits per heavy atom. The van der Waals surface area contributed by atoms with Crippen LogP contribution in [0.3, 0.4) is 0 Å². The van der Waals surface area contributed by atoms with E-state index in [1.807, 2.05) is 53.2 Å². The molecular weight excluding hydrogens is 416 g/mol. The van der Waals surface area contributed by atoms with Gasteiger partial charge in [-0.3, -0.25) is 9.59 Å². The zero-order valence-corrected chi connectivity index (χ0v) is 17.2. The molecule has 0 spiro atoms. The molecular formula is C22H16N4O2S2. The molecule has 2 heterocycles. The van der Waals surface area contributed by atoms with Gasteiger partial charge in [-0.15, -0.1) is 27.8 Å². The summed E-state index contributed by atoms with van der Waals surface area (Å²) in [6.45, 7) is 0. The Morgan fingerprint density at radius 2 is 1.37 bits per heavy atom. The van der Waals surface area contributed by atoms with Crippen molar-refractivity contribution in [1.29, 1.82) is 0 Å². The zero-order valence-electron chi connectivity index (χ0n) is 15.6. The number of carbonyl (C=O) groups is 2. The van der Waals surface area contributed by atoms with E-state index in [-0.39, 0.29) is 11.8 Å². The van der Waals surface area contributed by atoms with Gasteiger partial charge in [0.15, 0.2) is 0 Å². The molecule has 30 heavy (non-hydrogen) atoms. The van der Waals surface area contributed by atoms with Gasteiger partial charge in [0.2, 0.25) is 0 Å². The summed E-state index contributed by atoms with van der Waals surface area (Å²) < 4.78 is 0. The van der Waals surface area contributed by atoms with E-state index in [2.05, 4.69) is 20.9 Å². The third kappa shape index (κ3) is 4.86. The second kappa shape index (κ2) is 9.25. The van der Waals surface area contributed by atoms with Crippen LogP contribution in [0.5, 0.6) is 0 Å².